The number of anilines is 1. The van der Waals surface area contributed by atoms with Gasteiger partial charge in [-0.05, 0) is 49.4 Å². The van der Waals surface area contributed by atoms with E-state index in [1.807, 2.05) is 37.3 Å². The van der Waals surface area contributed by atoms with E-state index in [2.05, 4.69) is 15.3 Å². The largest absolute Gasteiger partial charge is 0.461 e. The van der Waals surface area contributed by atoms with Gasteiger partial charge < -0.3 is 9.73 Å². The van der Waals surface area contributed by atoms with Crippen molar-refractivity contribution in [2.24, 2.45) is 0 Å². The molecule has 4 rings (SSSR count). The van der Waals surface area contributed by atoms with Gasteiger partial charge in [0.2, 0.25) is 5.91 Å². The molecule has 0 aliphatic carbocycles. The zero-order chi connectivity index (χ0) is 21.1. The molecule has 0 unspecified atom stereocenters. The lowest BCUT2D eigenvalue weighted by molar-refractivity contribution is -0.114. The summed E-state index contributed by atoms with van der Waals surface area (Å²) in [5, 5.41) is 3.95. The fourth-order valence-electron chi connectivity index (χ4n) is 3.03. The molecule has 2 aromatic carbocycles. The summed E-state index contributed by atoms with van der Waals surface area (Å²) in [6.07, 6.45) is 1.58. The summed E-state index contributed by atoms with van der Waals surface area (Å²) in [5.74, 6) is 0.897. The maximum atomic E-state index is 13.0. The van der Waals surface area contributed by atoms with Crippen molar-refractivity contribution >= 4 is 40.0 Å². The van der Waals surface area contributed by atoms with E-state index in [-0.39, 0.29) is 16.9 Å². The molecular formula is C23H19N3O3S. The minimum absolute atomic E-state index is 0.0170. The van der Waals surface area contributed by atoms with Gasteiger partial charge in [-0.3, -0.25) is 9.59 Å². The van der Waals surface area contributed by atoms with E-state index in [4.69, 9.17) is 4.42 Å². The number of aromatic nitrogens is 2. The number of benzene rings is 2. The van der Waals surface area contributed by atoms with Gasteiger partial charge in [-0.1, -0.05) is 30.0 Å². The minimum Gasteiger partial charge on any atom is -0.461 e. The fraction of sp³-hybridized carbons (Fsp3) is 0.130. The molecule has 30 heavy (non-hydrogen) atoms. The number of fused-ring (bicyclic) bond motifs is 1. The van der Waals surface area contributed by atoms with E-state index in [0.717, 1.165) is 15.9 Å². The topological polar surface area (TPSA) is 85.1 Å². The van der Waals surface area contributed by atoms with E-state index in [1.54, 1.807) is 36.6 Å². The van der Waals surface area contributed by atoms with Crippen molar-refractivity contribution in [2.75, 3.05) is 5.32 Å². The Bertz CT molecular complexity index is 1200. The van der Waals surface area contributed by atoms with Crippen LogP contribution >= 0.6 is 11.8 Å². The second kappa shape index (κ2) is 8.51. The zero-order valence-corrected chi connectivity index (χ0v) is 17.3. The second-order valence-corrected chi connectivity index (χ2v) is 8.06. The highest BCUT2D eigenvalue weighted by atomic mass is 32.2. The Kier molecular flexibility index (Phi) is 5.63. The Morgan fingerprint density at radius 1 is 1.00 bits per heavy atom. The summed E-state index contributed by atoms with van der Waals surface area (Å²) >= 11 is 1.39. The van der Waals surface area contributed by atoms with Crippen molar-refractivity contribution in [3.8, 4) is 11.6 Å². The van der Waals surface area contributed by atoms with Gasteiger partial charge in [0.15, 0.2) is 17.4 Å². The predicted molar refractivity (Wildman–Crippen MR) is 118 cm³/mol. The number of Topliss-reactive ketones (excluding diaryl/α,β-unsaturated/α-hetero) is 1. The van der Waals surface area contributed by atoms with E-state index in [0.29, 0.717) is 22.8 Å². The number of carbonyl (C=O) groups is 2. The van der Waals surface area contributed by atoms with Crippen LogP contribution < -0.4 is 5.32 Å². The van der Waals surface area contributed by atoms with Crippen molar-refractivity contribution in [3.63, 3.8) is 0 Å². The van der Waals surface area contributed by atoms with Crippen LogP contribution in [0, 0.1) is 0 Å². The first-order valence-electron chi connectivity index (χ1n) is 9.40. The Morgan fingerprint density at radius 3 is 2.47 bits per heavy atom. The number of thioether (sulfide) groups is 1. The summed E-state index contributed by atoms with van der Waals surface area (Å²) in [6, 6.07) is 18.2. The van der Waals surface area contributed by atoms with Gasteiger partial charge in [-0.2, -0.15) is 0 Å². The van der Waals surface area contributed by atoms with Crippen LogP contribution in [-0.4, -0.2) is 26.9 Å². The van der Waals surface area contributed by atoms with Crippen LogP contribution in [0.15, 0.2) is 76.4 Å². The van der Waals surface area contributed by atoms with Gasteiger partial charge in [0, 0.05) is 23.6 Å². The van der Waals surface area contributed by atoms with Crippen molar-refractivity contribution < 1.29 is 14.0 Å². The highest BCUT2D eigenvalue weighted by molar-refractivity contribution is 8.00. The van der Waals surface area contributed by atoms with Crippen molar-refractivity contribution in [1.29, 1.82) is 0 Å². The minimum atomic E-state index is -0.362. The highest BCUT2D eigenvalue weighted by Crippen LogP contribution is 2.32. The summed E-state index contributed by atoms with van der Waals surface area (Å²) in [7, 11) is 0. The molecule has 0 aliphatic rings. The second-order valence-electron chi connectivity index (χ2n) is 6.73. The number of ketones is 1. The molecule has 0 bridgehead atoms. The maximum Gasteiger partial charge on any atom is 0.221 e. The predicted octanol–water partition coefficient (Wildman–Crippen LogP) is 5.21. The van der Waals surface area contributed by atoms with Gasteiger partial charge in [-0.25, -0.2) is 9.97 Å². The fourth-order valence-corrected chi connectivity index (χ4v) is 4.05. The number of rotatable bonds is 6. The first-order valence-corrected chi connectivity index (χ1v) is 10.3. The summed E-state index contributed by atoms with van der Waals surface area (Å²) in [6.45, 7) is 3.30. The molecule has 0 saturated carbocycles. The third-order valence-electron chi connectivity index (χ3n) is 4.46. The molecular weight excluding hydrogens is 398 g/mol. The third-order valence-corrected chi connectivity index (χ3v) is 5.56. The van der Waals surface area contributed by atoms with Crippen LogP contribution in [0.25, 0.3) is 22.5 Å². The molecule has 0 spiro atoms. The molecule has 6 nitrogen and oxygen atoms in total. The van der Waals surface area contributed by atoms with Gasteiger partial charge in [0.25, 0.3) is 0 Å². The molecule has 7 heteroatoms. The molecule has 2 heterocycles. The van der Waals surface area contributed by atoms with E-state index < -0.39 is 0 Å². The van der Waals surface area contributed by atoms with Crippen LogP contribution in [0.3, 0.4) is 0 Å². The number of furan rings is 1. The number of hydrogen-bond acceptors (Lipinski definition) is 6. The smallest absolute Gasteiger partial charge is 0.221 e. The lowest BCUT2D eigenvalue weighted by Gasteiger charge is -2.13. The number of hydrogen-bond donors (Lipinski definition) is 1. The molecule has 150 valence electrons. The molecule has 4 aromatic rings. The lowest BCUT2D eigenvalue weighted by atomic mass is 10.1. The van der Waals surface area contributed by atoms with Crippen LogP contribution in [-0.2, 0) is 4.79 Å². The van der Waals surface area contributed by atoms with Gasteiger partial charge in [-0.15, -0.1) is 0 Å². The molecule has 0 saturated heterocycles. The SMILES string of the molecule is CC(=O)Nc1ccc(C(=O)[C@@H](C)Sc2nc(-c3ccco3)nc3ccccc23)cc1. The lowest BCUT2D eigenvalue weighted by Crippen LogP contribution is -2.14. The molecule has 1 atom stereocenters. The highest BCUT2D eigenvalue weighted by Gasteiger charge is 2.20. The van der Waals surface area contributed by atoms with E-state index in [9.17, 15) is 9.59 Å². The third kappa shape index (κ3) is 4.26. The van der Waals surface area contributed by atoms with Crippen LogP contribution in [0.1, 0.15) is 24.2 Å². The Morgan fingerprint density at radius 2 is 1.77 bits per heavy atom. The van der Waals surface area contributed by atoms with Gasteiger partial charge in [0.05, 0.1) is 17.0 Å². The van der Waals surface area contributed by atoms with E-state index in [1.165, 1.54) is 18.7 Å². The number of nitrogens with one attached hydrogen (secondary N) is 1. The average molecular weight is 417 g/mol. The first kappa shape index (κ1) is 19.8. The van der Waals surface area contributed by atoms with E-state index >= 15 is 0 Å². The standard InChI is InChI=1S/C23H19N3O3S/c1-14(21(28)16-9-11-17(12-10-16)24-15(2)27)30-23-18-6-3-4-7-19(18)25-22(26-23)20-8-5-13-29-20/h3-14H,1-2H3,(H,24,27)/t14-/m1/s1. The molecule has 0 fully saturated rings. The quantitative estimate of drug-likeness (QED) is 0.263. The van der Waals surface area contributed by atoms with Gasteiger partial charge >= 0.3 is 0 Å². The molecule has 1 N–H and O–H groups in total. The average Bonchev–Trinajstić information content (AvgIpc) is 3.28. The van der Waals surface area contributed by atoms with Crippen LogP contribution in [0.2, 0.25) is 0 Å². The Hall–Kier alpha value is -3.45. The number of para-hydroxylation sites is 1. The maximum absolute atomic E-state index is 13.0. The number of nitrogens with zero attached hydrogens (tertiary/aromatic N) is 2. The normalized spacial score (nSPS) is 11.9. The van der Waals surface area contributed by atoms with Crippen LogP contribution in [0.5, 0.6) is 0 Å². The van der Waals surface area contributed by atoms with Crippen molar-refractivity contribution in [3.05, 3.63) is 72.5 Å². The Balaban J connectivity index is 1.61. The summed E-state index contributed by atoms with van der Waals surface area (Å²) in [4.78, 5) is 33.4. The molecule has 1 amide bonds. The number of amides is 1. The van der Waals surface area contributed by atoms with Crippen LogP contribution in [0.4, 0.5) is 5.69 Å². The monoisotopic (exact) mass is 417 g/mol. The molecule has 0 radical (unpaired) electrons. The van der Waals surface area contributed by atoms with Crippen molar-refractivity contribution in [1.82, 2.24) is 9.97 Å². The molecule has 2 aromatic heterocycles. The number of carbonyl (C=O) groups excluding carboxylic acids is 2. The Labute approximate surface area is 177 Å². The van der Waals surface area contributed by atoms with Crippen molar-refractivity contribution in [2.45, 2.75) is 24.1 Å². The first-order chi connectivity index (χ1) is 14.5. The summed E-state index contributed by atoms with van der Waals surface area (Å²) in [5.41, 5.74) is 2.03. The molecule has 0 aliphatic heterocycles. The zero-order valence-electron chi connectivity index (χ0n) is 16.5. The van der Waals surface area contributed by atoms with Gasteiger partial charge in [0.1, 0.15) is 5.03 Å². The summed E-state index contributed by atoms with van der Waals surface area (Å²) < 4.78 is 5.45.